The van der Waals surface area contributed by atoms with Crippen molar-refractivity contribution < 1.29 is 33.3 Å². The van der Waals surface area contributed by atoms with E-state index in [4.69, 9.17) is 19.0 Å². The van der Waals surface area contributed by atoms with Crippen LogP contribution in [-0.4, -0.2) is 78.1 Å². The summed E-state index contributed by atoms with van der Waals surface area (Å²) in [7, 11) is -1.46. The molecule has 0 rings (SSSR count). The largest absolute Gasteiger partial charge is 0.480 e. The van der Waals surface area contributed by atoms with Gasteiger partial charge in [-0.1, -0.05) is 0 Å². The molecule has 0 aliphatic rings. The molecular weight excluding hydrogens is 310 g/mol. The van der Waals surface area contributed by atoms with E-state index in [-0.39, 0.29) is 12.5 Å². The molecule has 0 aromatic rings. The Morgan fingerprint density at radius 3 is 2.09 bits per heavy atom. The molecule has 130 valence electrons. The van der Waals surface area contributed by atoms with Gasteiger partial charge in [0.2, 0.25) is 5.91 Å². The molecule has 0 heterocycles. The molecular formula is C13H27NO7Si. The molecule has 0 atom stereocenters. The highest BCUT2D eigenvalue weighted by atomic mass is 28.4. The average molecular weight is 337 g/mol. The number of carbonyl (C=O) groups excluding carboxylic acids is 1. The van der Waals surface area contributed by atoms with Gasteiger partial charge in [0.25, 0.3) is 0 Å². The summed E-state index contributed by atoms with van der Waals surface area (Å²) < 4.78 is 20.9. The van der Waals surface area contributed by atoms with Crippen LogP contribution >= 0.6 is 0 Å². The lowest BCUT2D eigenvalue weighted by Gasteiger charge is -2.16. The summed E-state index contributed by atoms with van der Waals surface area (Å²) >= 11 is 0. The Morgan fingerprint density at radius 2 is 1.50 bits per heavy atom. The van der Waals surface area contributed by atoms with Crippen LogP contribution < -0.4 is 5.32 Å². The number of aliphatic carboxylic acids is 1. The molecule has 0 spiro atoms. The van der Waals surface area contributed by atoms with Crippen molar-refractivity contribution in [1.82, 2.24) is 5.32 Å². The second-order valence-electron chi connectivity index (χ2n) is 5.42. The van der Waals surface area contributed by atoms with Gasteiger partial charge in [-0.15, -0.1) is 0 Å². The zero-order valence-electron chi connectivity index (χ0n) is 13.6. The lowest BCUT2D eigenvalue weighted by atomic mass is 10.6. The first-order valence-corrected chi connectivity index (χ1v) is 10.6. The third kappa shape index (κ3) is 17.0. The van der Waals surface area contributed by atoms with Gasteiger partial charge in [-0.05, 0) is 19.6 Å². The number of amides is 1. The van der Waals surface area contributed by atoms with Crippen molar-refractivity contribution in [3.8, 4) is 0 Å². The zero-order valence-corrected chi connectivity index (χ0v) is 14.6. The average Bonchev–Trinajstić information content (AvgIpc) is 2.39. The molecule has 0 radical (unpaired) electrons. The Morgan fingerprint density at radius 1 is 0.909 bits per heavy atom. The molecule has 0 saturated carbocycles. The second-order valence-corrected chi connectivity index (χ2v) is 9.94. The number of carboxylic acid groups (broad SMARTS) is 1. The first-order chi connectivity index (χ1) is 10.3. The predicted octanol–water partition coefficient (Wildman–Crippen LogP) is 0.0885. The van der Waals surface area contributed by atoms with E-state index in [0.29, 0.717) is 39.6 Å². The molecule has 1 amide bonds. The molecule has 2 N–H and O–H groups in total. The lowest BCUT2D eigenvalue weighted by molar-refractivity contribution is -0.143. The standard InChI is InChI=1S/C13H27NO7Si/c1-22(2,3)21-9-8-19-7-6-18-5-4-14-12(15)10-20-11-13(16)17/h4-11H2,1-3H3,(H,14,15)(H,16,17). The quantitative estimate of drug-likeness (QED) is 0.342. The van der Waals surface area contributed by atoms with Crippen molar-refractivity contribution in [3.05, 3.63) is 0 Å². The zero-order chi connectivity index (χ0) is 16.8. The predicted molar refractivity (Wildman–Crippen MR) is 82.4 cm³/mol. The Bertz CT molecular complexity index is 320. The number of carbonyl (C=O) groups is 2. The molecule has 0 fully saturated rings. The molecule has 0 bridgehead atoms. The SMILES string of the molecule is C[Si](C)(C)OCCOCCOCCNC(=O)COCC(=O)O. The van der Waals surface area contributed by atoms with E-state index in [9.17, 15) is 9.59 Å². The molecule has 0 unspecified atom stereocenters. The Hall–Kier alpha value is -1.00. The van der Waals surface area contributed by atoms with Crippen LogP contribution in [0.15, 0.2) is 0 Å². The van der Waals surface area contributed by atoms with Crippen molar-refractivity contribution >= 4 is 20.2 Å². The van der Waals surface area contributed by atoms with E-state index >= 15 is 0 Å². The minimum absolute atomic E-state index is 0.271. The number of carboxylic acids is 1. The fraction of sp³-hybridized carbons (Fsp3) is 0.846. The first kappa shape index (κ1) is 21.0. The third-order valence-corrected chi connectivity index (χ3v) is 3.23. The topological polar surface area (TPSA) is 103 Å². The summed E-state index contributed by atoms with van der Waals surface area (Å²) in [5.74, 6) is -1.48. The molecule has 0 aliphatic carbocycles. The second kappa shape index (κ2) is 12.5. The first-order valence-electron chi connectivity index (χ1n) is 7.17. The minimum atomic E-state index is -1.46. The summed E-state index contributed by atoms with van der Waals surface area (Å²) in [6.45, 7) is 8.38. The van der Waals surface area contributed by atoms with Gasteiger partial charge < -0.3 is 29.1 Å². The van der Waals surface area contributed by atoms with Crippen molar-refractivity contribution in [2.75, 3.05) is 52.8 Å². The highest BCUT2D eigenvalue weighted by molar-refractivity contribution is 6.69. The Labute approximate surface area is 132 Å². The monoisotopic (exact) mass is 337 g/mol. The maximum Gasteiger partial charge on any atom is 0.329 e. The maximum absolute atomic E-state index is 11.2. The van der Waals surface area contributed by atoms with E-state index in [0.717, 1.165) is 0 Å². The molecule has 0 aromatic carbocycles. The Balaban J connectivity index is 3.23. The van der Waals surface area contributed by atoms with Crippen molar-refractivity contribution in [1.29, 1.82) is 0 Å². The number of nitrogens with one attached hydrogen (secondary N) is 1. The highest BCUT2D eigenvalue weighted by Gasteiger charge is 2.12. The van der Waals surface area contributed by atoms with Gasteiger partial charge >= 0.3 is 5.97 Å². The Kier molecular flexibility index (Phi) is 12.0. The summed E-state index contributed by atoms with van der Waals surface area (Å²) in [5.41, 5.74) is 0. The van der Waals surface area contributed by atoms with Crippen molar-refractivity contribution in [3.63, 3.8) is 0 Å². The maximum atomic E-state index is 11.2. The van der Waals surface area contributed by atoms with E-state index in [1.807, 2.05) is 0 Å². The summed E-state index contributed by atoms with van der Waals surface area (Å²) in [6.07, 6.45) is 0. The number of hydrogen-bond donors (Lipinski definition) is 2. The smallest absolute Gasteiger partial charge is 0.329 e. The molecule has 8 nitrogen and oxygen atoms in total. The van der Waals surface area contributed by atoms with E-state index < -0.39 is 20.9 Å². The molecule has 22 heavy (non-hydrogen) atoms. The number of rotatable bonds is 14. The van der Waals surface area contributed by atoms with Crippen LogP contribution in [0.4, 0.5) is 0 Å². The lowest BCUT2D eigenvalue weighted by Crippen LogP contribution is -2.31. The van der Waals surface area contributed by atoms with Gasteiger partial charge in [-0.25, -0.2) is 4.79 Å². The van der Waals surface area contributed by atoms with Crippen molar-refractivity contribution in [2.45, 2.75) is 19.6 Å². The van der Waals surface area contributed by atoms with Gasteiger partial charge in [-0.3, -0.25) is 4.79 Å². The minimum Gasteiger partial charge on any atom is -0.480 e. The van der Waals surface area contributed by atoms with E-state index in [2.05, 4.69) is 29.7 Å². The van der Waals surface area contributed by atoms with Crippen LogP contribution in [0.2, 0.25) is 19.6 Å². The molecule has 9 heteroatoms. The molecule has 0 aliphatic heterocycles. The van der Waals surface area contributed by atoms with Crippen molar-refractivity contribution in [2.24, 2.45) is 0 Å². The van der Waals surface area contributed by atoms with Crippen LogP contribution in [0.5, 0.6) is 0 Å². The fourth-order valence-electron chi connectivity index (χ4n) is 1.27. The van der Waals surface area contributed by atoms with Gasteiger partial charge in [0, 0.05) is 6.54 Å². The normalized spacial score (nSPS) is 11.4. The van der Waals surface area contributed by atoms with Gasteiger partial charge in [0.05, 0.1) is 33.0 Å². The summed E-state index contributed by atoms with van der Waals surface area (Å²) in [6, 6.07) is 0. The van der Waals surface area contributed by atoms with Gasteiger partial charge in [0.1, 0.15) is 13.2 Å². The number of ether oxygens (including phenoxy) is 3. The fourth-order valence-corrected chi connectivity index (χ4v) is 1.97. The molecule has 0 aromatic heterocycles. The summed E-state index contributed by atoms with van der Waals surface area (Å²) in [4.78, 5) is 21.4. The van der Waals surface area contributed by atoms with Crippen LogP contribution in [0, 0.1) is 0 Å². The van der Waals surface area contributed by atoms with Crippen LogP contribution in [-0.2, 0) is 28.2 Å². The third-order valence-electron chi connectivity index (χ3n) is 2.16. The van der Waals surface area contributed by atoms with Gasteiger partial charge in [0.15, 0.2) is 8.32 Å². The molecule has 0 saturated heterocycles. The summed E-state index contributed by atoms with van der Waals surface area (Å²) in [5, 5.41) is 10.9. The van der Waals surface area contributed by atoms with Gasteiger partial charge in [-0.2, -0.15) is 0 Å². The number of hydrogen-bond acceptors (Lipinski definition) is 6. The van der Waals surface area contributed by atoms with Crippen LogP contribution in [0.25, 0.3) is 0 Å². The van der Waals surface area contributed by atoms with Crippen LogP contribution in [0.1, 0.15) is 0 Å². The van der Waals surface area contributed by atoms with Crippen LogP contribution in [0.3, 0.4) is 0 Å². The van der Waals surface area contributed by atoms with E-state index in [1.165, 1.54) is 0 Å². The van der Waals surface area contributed by atoms with E-state index in [1.54, 1.807) is 0 Å². The highest BCUT2D eigenvalue weighted by Crippen LogP contribution is 2.01.